The van der Waals surface area contributed by atoms with Gasteiger partial charge >= 0.3 is 0 Å². The topological polar surface area (TPSA) is 67.4 Å². The summed E-state index contributed by atoms with van der Waals surface area (Å²) in [6, 6.07) is 1.46. The molecule has 0 unspecified atom stereocenters. The van der Waals surface area contributed by atoms with Crippen LogP contribution in [0.1, 0.15) is 5.69 Å². The smallest absolute Gasteiger partial charge is 0.230 e. The lowest BCUT2D eigenvalue weighted by Gasteiger charge is -1.93. The van der Waals surface area contributed by atoms with Crippen LogP contribution in [0, 0.1) is 0 Å². The van der Waals surface area contributed by atoms with Crippen molar-refractivity contribution in [3.8, 4) is 5.88 Å². The number of aromatic hydroxyl groups is 1. The highest BCUT2D eigenvalue weighted by molar-refractivity contribution is 5.10. The molecule has 1 heterocycles. The van der Waals surface area contributed by atoms with Crippen molar-refractivity contribution in [2.75, 3.05) is 7.11 Å². The summed E-state index contributed by atoms with van der Waals surface area (Å²) in [4.78, 5) is 8.88. The summed E-state index contributed by atoms with van der Waals surface area (Å²) in [5, 5.41) is 14.7. The summed E-state index contributed by atoms with van der Waals surface area (Å²) in [6.07, 6.45) is 0. The highest BCUT2D eigenvalue weighted by atomic mass is 17.2. The fourth-order valence-corrected chi connectivity index (χ4v) is 0.546. The van der Waals surface area contributed by atoms with Crippen LogP contribution in [0.15, 0.2) is 6.07 Å². The van der Waals surface area contributed by atoms with Crippen LogP contribution < -0.4 is 0 Å². The molecule has 0 radical (unpaired) electrons. The van der Waals surface area contributed by atoms with Gasteiger partial charge in [0.1, 0.15) is 6.61 Å². The van der Waals surface area contributed by atoms with E-state index in [-0.39, 0.29) is 12.5 Å². The van der Waals surface area contributed by atoms with Gasteiger partial charge in [-0.05, 0) is 0 Å². The molecule has 0 saturated heterocycles. The Bertz CT molecular complexity index is 199. The van der Waals surface area contributed by atoms with Gasteiger partial charge in [-0.2, -0.15) is 0 Å². The van der Waals surface area contributed by atoms with Gasteiger partial charge in [0.05, 0.1) is 12.8 Å². The van der Waals surface area contributed by atoms with E-state index < -0.39 is 0 Å². The molecule has 0 atom stereocenters. The van der Waals surface area contributed by atoms with E-state index >= 15 is 0 Å². The Morgan fingerprint density at radius 3 is 3.10 bits per heavy atom. The molecular formula is C5H8N2O3. The lowest BCUT2D eigenvalue weighted by atomic mass is 10.5. The normalized spacial score (nSPS) is 10.1. The van der Waals surface area contributed by atoms with Gasteiger partial charge < -0.3 is 5.11 Å². The number of H-pyrrole nitrogens is 1. The summed E-state index contributed by atoms with van der Waals surface area (Å²) in [6.45, 7) is 0.254. The van der Waals surface area contributed by atoms with Gasteiger partial charge in [0, 0.05) is 6.07 Å². The first-order valence-corrected chi connectivity index (χ1v) is 2.72. The fourth-order valence-electron chi connectivity index (χ4n) is 0.546. The molecule has 56 valence electrons. The van der Waals surface area contributed by atoms with Crippen molar-refractivity contribution in [3.63, 3.8) is 0 Å². The molecule has 0 spiro atoms. The van der Waals surface area contributed by atoms with Crippen LogP contribution in [-0.2, 0) is 16.4 Å². The molecule has 0 aliphatic heterocycles. The molecule has 1 aromatic rings. The number of aromatic amines is 1. The molecule has 5 heteroatoms. The maximum absolute atomic E-state index is 8.71. The average molecular weight is 144 g/mol. The van der Waals surface area contributed by atoms with Crippen molar-refractivity contribution >= 4 is 0 Å². The second-order valence-corrected chi connectivity index (χ2v) is 1.68. The van der Waals surface area contributed by atoms with Gasteiger partial charge in [0.15, 0.2) is 0 Å². The Labute approximate surface area is 57.5 Å². The Balaban J connectivity index is 2.42. The van der Waals surface area contributed by atoms with Crippen LogP contribution in [0.4, 0.5) is 0 Å². The first-order chi connectivity index (χ1) is 4.83. The molecule has 0 amide bonds. The van der Waals surface area contributed by atoms with Crippen LogP contribution >= 0.6 is 0 Å². The van der Waals surface area contributed by atoms with Crippen LogP contribution in [0.2, 0.25) is 0 Å². The molecular weight excluding hydrogens is 136 g/mol. The average Bonchev–Trinajstić information content (AvgIpc) is 2.31. The minimum Gasteiger partial charge on any atom is -0.492 e. The van der Waals surface area contributed by atoms with Gasteiger partial charge in [-0.3, -0.25) is 5.10 Å². The fraction of sp³-hybridized carbons (Fsp3) is 0.400. The highest BCUT2D eigenvalue weighted by Gasteiger charge is 1.97. The number of nitrogens with zero attached hydrogens (tertiary/aromatic N) is 1. The summed E-state index contributed by atoms with van der Waals surface area (Å²) >= 11 is 0. The van der Waals surface area contributed by atoms with Crippen molar-refractivity contribution in [1.29, 1.82) is 0 Å². The molecule has 0 fully saturated rings. The zero-order valence-corrected chi connectivity index (χ0v) is 5.50. The minimum absolute atomic E-state index is 0.0466. The lowest BCUT2D eigenvalue weighted by molar-refractivity contribution is -0.282. The Kier molecular flexibility index (Phi) is 2.24. The third-order valence-corrected chi connectivity index (χ3v) is 0.950. The van der Waals surface area contributed by atoms with E-state index in [4.69, 9.17) is 5.11 Å². The number of rotatable bonds is 3. The molecule has 1 rings (SSSR count). The molecule has 0 aromatic carbocycles. The van der Waals surface area contributed by atoms with Crippen molar-refractivity contribution in [3.05, 3.63) is 11.8 Å². The standard InChI is InChI=1S/C5H8N2O3/c1-9-10-3-4-2-5(8)7-6-4/h2H,3H2,1H3,(H2,6,7,8). The van der Waals surface area contributed by atoms with Gasteiger partial charge in [0.2, 0.25) is 5.88 Å². The van der Waals surface area contributed by atoms with E-state index in [0.29, 0.717) is 5.69 Å². The van der Waals surface area contributed by atoms with Crippen LogP contribution in [0.3, 0.4) is 0 Å². The van der Waals surface area contributed by atoms with E-state index in [1.807, 2.05) is 0 Å². The molecule has 1 aromatic heterocycles. The number of aromatic nitrogens is 2. The van der Waals surface area contributed by atoms with E-state index in [1.54, 1.807) is 0 Å². The Morgan fingerprint density at radius 2 is 2.60 bits per heavy atom. The van der Waals surface area contributed by atoms with E-state index in [1.165, 1.54) is 13.2 Å². The predicted octanol–water partition coefficient (Wildman–Crippen LogP) is 0.193. The number of hydrogen-bond donors (Lipinski definition) is 2. The van der Waals surface area contributed by atoms with Crippen molar-refractivity contribution < 1.29 is 14.9 Å². The zero-order valence-electron chi connectivity index (χ0n) is 5.50. The van der Waals surface area contributed by atoms with Crippen LogP contribution in [0.5, 0.6) is 5.88 Å². The SMILES string of the molecule is COOCc1cc(O)n[nH]1. The summed E-state index contributed by atoms with van der Waals surface area (Å²) in [5.41, 5.74) is 0.666. The van der Waals surface area contributed by atoms with E-state index in [9.17, 15) is 0 Å². The van der Waals surface area contributed by atoms with E-state index in [2.05, 4.69) is 20.0 Å². The lowest BCUT2D eigenvalue weighted by Crippen LogP contribution is -1.90. The Hall–Kier alpha value is -1.07. The molecule has 0 saturated carbocycles. The van der Waals surface area contributed by atoms with Gasteiger partial charge in [-0.25, -0.2) is 9.78 Å². The first kappa shape index (κ1) is 7.04. The summed E-state index contributed by atoms with van der Waals surface area (Å²) in [5.74, 6) is -0.0466. The summed E-state index contributed by atoms with van der Waals surface area (Å²) in [7, 11) is 1.41. The Morgan fingerprint density at radius 1 is 1.80 bits per heavy atom. The first-order valence-electron chi connectivity index (χ1n) is 2.72. The molecule has 0 aliphatic carbocycles. The van der Waals surface area contributed by atoms with Crippen molar-refractivity contribution in [1.82, 2.24) is 10.2 Å². The number of nitrogens with one attached hydrogen (secondary N) is 1. The molecule has 5 nitrogen and oxygen atoms in total. The van der Waals surface area contributed by atoms with Gasteiger partial charge in [0.25, 0.3) is 0 Å². The third kappa shape index (κ3) is 1.71. The maximum Gasteiger partial charge on any atom is 0.230 e. The monoisotopic (exact) mass is 144 g/mol. The van der Waals surface area contributed by atoms with Crippen molar-refractivity contribution in [2.24, 2.45) is 0 Å². The van der Waals surface area contributed by atoms with Gasteiger partial charge in [-0.1, -0.05) is 0 Å². The van der Waals surface area contributed by atoms with Gasteiger partial charge in [-0.15, -0.1) is 5.10 Å². The largest absolute Gasteiger partial charge is 0.492 e. The molecule has 10 heavy (non-hydrogen) atoms. The molecule has 0 aliphatic rings. The highest BCUT2D eigenvalue weighted by Crippen LogP contribution is 2.05. The quantitative estimate of drug-likeness (QED) is 0.469. The van der Waals surface area contributed by atoms with Crippen LogP contribution in [0.25, 0.3) is 0 Å². The molecule has 0 bridgehead atoms. The minimum atomic E-state index is -0.0466. The van der Waals surface area contributed by atoms with Crippen LogP contribution in [-0.4, -0.2) is 22.4 Å². The maximum atomic E-state index is 8.71. The predicted molar refractivity (Wildman–Crippen MR) is 32.1 cm³/mol. The number of hydrogen-bond acceptors (Lipinski definition) is 4. The second-order valence-electron chi connectivity index (χ2n) is 1.68. The third-order valence-electron chi connectivity index (χ3n) is 0.950. The molecule has 2 N–H and O–H groups in total. The zero-order chi connectivity index (χ0) is 7.40. The second kappa shape index (κ2) is 3.19. The van der Waals surface area contributed by atoms with Crippen molar-refractivity contribution in [2.45, 2.75) is 6.61 Å². The van der Waals surface area contributed by atoms with E-state index in [0.717, 1.165) is 0 Å². The summed E-state index contributed by atoms with van der Waals surface area (Å²) < 4.78 is 0.